The standard InChI is InChI=1S/C22H28N2O4S/c1-16(18-12-11-17-7-4-5-8-19(17)13-18)23-22(25)15-24(29(3,26)27)20-9-6-10-21(14-20)28-2/h6,9-14,16H,4-5,7-8,15H2,1-3H3,(H,23,25). The molecule has 1 amide bonds. The molecule has 0 bridgehead atoms. The van der Waals surface area contributed by atoms with Crippen molar-refractivity contribution in [1.29, 1.82) is 0 Å². The minimum atomic E-state index is -3.63. The predicted molar refractivity (Wildman–Crippen MR) is 115 cm³/mol. The molecule has 0 heterocycles. The van der Waals surface area contributed by atoms with E-state index in [4.69, 9.17) is 4.74 Å². The molecule has 0 saturated heterocycles. The molecule has 6 nitrogen and oxygen atoms in total. The number of rotatable bonds is 7. The van der Waals surface area contributed by atoms with Crippen molar-refractivity contribution >= 4 is 21.6 Å². The number of anilines is 1. The quantitative estimate of drug-likeness (QED) is 0.752. The van der Waals surface area contributed by atoms with Crippen molar-refractivity contribution in [3.05, 3.63) is 59.2 Å². The summed E-state index contributed by atoms with van der Waals surface area (Å²) in [5, 5.41) is 2.93. The van der Waals surface area contributed by atoms with Crippen LogP contribution >= 0.6 is 0 Å². The van der Waals surface area contributed by atoms with Crippen LogP contribution in [0.25, 0.3) is 0 Å². The molecule has 2 aromatic rings. The number of amides is 1. The Morgan fingerprint density at radius 2 is 1.86 bits per heavy atom. The molecule has 7 heteroatoms. The molecule has 0 aliphatic heterocycles. The van der Waals surface area contributed by atoms with Gasteiger partial charge in [0.25, 0.3) is 0 Å². The Balaban J connectivity index is 1.73. The molecule has 1 N–H and O–H groups in total. The number of carbonyl (C=O) groups excluding carboxylic acids is 1. The first-order chi connectivity index (χ1) is 13.8. The summed E-state index contributed by atoms with van der Waals surface area (Å²) < 4.78 is 30.8. The van der Waals surface area contributed by atoms with E-state index < -0.39 is 10.0 Å². The van der Waals surface area contributed by atoms with Crippen LogP contribution < -0.4 is 14.4 Å². The first-order valence-electron chi connectivity index (χ1n) is 9.81. The lowest BCUT2D eigenvalue weighted by Gasteiger charge is -2.24. The lowest BCUT2D eigenvalue weighted by atomic mass is 9.89. The van der Waals surface area contributed by atoms with Crippen LogP contribution in [0.15, 0.2) is 42.5 Å². The molecule has 0 saturated carbocycles. The van der Waals surface area contributed by atoms with E-state index in [1.807, 2.05) is 13.0 Å². The Kier molecular flexibility index (Phi) is 6.47. The number of fused-ring (bicyclic) bond motifs is 1. The summed E-state index contributed by atoms with van der Waals surface area (Å²) in [6.07, 6.45) is 5.69. The van der Waals surface area contributed by atoms with Gasteiger partial charge in [-0.05, 0) is 61.4 Å². The normalized spacial score (nSPS) is 14.6. The number of benzene rings is 2. The van der Waals surface area contributed by atoms with Gasteiger partial charge in [-0.2, -0.15) is 0 Å². The van der Waals surface area contributed by atoms with Crippen molar-refractivity contribution in [3.8, 4) is 5.75 Å². The number of carbonyl (C=O) groups is 1. The summed E-state index contributed by atoms with van der Waals surface area (Å²) in [6.45, 7) is 1.63. The van der Waals surface area contributed by atoms with Crippen LogP contribution in [-0.4, -0.2) is 34.2 Å². The third-order valence-electron chi connectivity index (χ3n) is 5.28. The van der Waals surface area contributed by atoms with E-state index in [-0.39, 0.29) is 18.5 Å². The van der Waals surface area contributed by atoms with Crippen LogP contribution in [0.3, 0.4) is 0 Å². The smallest absolute Gasteiger partial charge is 0.241 e. The monoisotopic (exact) mass is 416 g/mol. The van der Waals surface area contributed by atoms with Gasteiger partial charge in [0.05, 0.1) is 25.1 Å². The third kappa shape index (κ3) is 5.29. The Hall–Kier alpha value is -2.54. The summed E-state index contributed by atoms with van der Waals surface area (Å²) in [5.41, 5.74) is 4.17. The molecular formula is C22H28N2O4S. The largest absolute Gasteiger partial charge is 0.497 e. The molecule has 0 fully saturated rings. The zero-order valence-corrected chi connectivity index (χ0v) is 18.0. The van der Waals surface area contributed by atoms with Gasteiger partial charge in [0, 0.05) is 6.07 Å². The van der Waals surface area contributed by atoms with Crippen molar-refractivity contribution in [3.63, 3.8) is 0 Å². The molecule has 3 rings (SSSR count). The first-order valence-corrected chi connectivity index (χ1v) is 11.7. The van der Waals surface area contributed by atoms with Gasteiger partial charge in [-0.1, -0.05) is 24.3 Å². The molecule has 0 aromatic heterocycles. The summed E-state index contributed by atoms with van der Waals surface area (Å²) in [4.78, 5) is 12.7. The number of nitrogens with one attached hydrogen (secondary N) is 1. The van der Waals surface area contributed by atoms with E-state index in [0.717, 1.165) is 29.0 Å². The third-order valence-corrected chi connectivity index (χ3v) is 6.42. The molecular weight excluding hydrogens is 388 g/mol. The molecule has 1 aliphatic carbocycles. The number of sulfonamides is 1. The second kappa shape index (κ2) is 8.86. The summed E-state index contributed by atoms with van der Waals surface area (Å²) in [5.74, 6) is 0.169. The van der Waals surface area contributed by atoms with Crippen LogP contribution in [0.1, 0.15) is 42.5 Å². The zero-order valence-electron chi connectivity index (χ0n) is 17.1. The topological polar surface area (TPSA) is 75.7 Å². The molecule has 1 unspecified atom stereocenters. The van der Waals surface area contributed by atoms with Crippen LogP contribution in [0.2, 0.25) is 0 Å². The lowest BCUT2D eigenvalue weighted by Crippen LogP contribution is -2.41. The molecule has 156 valence electrons. The van der Waals surface area contributed by atoms with Crippen LogP contribution in [-0.2, 0) is 27.7 Å². The fraction of sp³-hybridized carbons (Fsp3) is 0.409. The maximum absolute atomic E-state index is 12.7. The highest BCUT2D eigenvalue weighted by Gasteiger charge is 2.22. The summed E-state index contributed by atoms with van der Waals surface area (Å²) in [7, 11) is -2.12. The van der Waals surface area contributed by atoms with Gasteiger partial charge >= 0.3 is 0 Å². The second-order valence-electron chi connectivity index (χ2n) is 7.50. The molecule has 29 heavy (non-hydrogen) atoms. The van der Waals surface area contributed by atoms with E-state index in [0.29, 0.717) is 11.4 Å². The van der Waals surface area contributed by atoms with E-state index >= 15 is 0 Å². The summed E-state index contributed by atoms with van der Waals surface area (Å²) >= 11 is 0. The van der Waals surface area contributed by atoms with E-state index in [9.17, 15) is 13.2 Å². The van der Waals surface area contributed by atoms with Crippen LogP contribution in [0, 0.1) is 0 Å². The number of hydrogen-bond acceptors (Lipinski definition) is 4. The van der Waals surface area contributed by atoms with E-state index in [2.05, 4.69) is 17.4 Å². The second-order valence-corrected chi connectivity index (χ2v) is 9.40. The van der Waals surface area contributed by atoms with Gasteiger partial charge < -0.3 is 10.1 Å². The zero-order chi connectivity index (χ0) is 21.0. The van der Waals surface area contributed by atoms with Crippen molar-refractivity contribution < 1.29 is 17.9 Å². The highest BCUT2D eigenvalue weighted by atomic mass is 32.2. The average Bonchev–Trinajstić information content (AvgIpc) is 2.70. The number of ether oxygens (including phenoxy) is 1. The number of aryl methyl sites for hydroxylation is 2. The number of nitrogens with zero attached hydrogens (tertiary/aromatic N) is 1. The van der Waals surface area contributed by atoms with Crippen molar-refractivity contribution in [2.24, 2.45) is 0 Å². The van der Waals surface area contributed by atoms with Crippen molar-refractivity contribution in [2.75, 3.05) is 24.2 Å². The molecule has 1 aliphatic rings. The number of methoxy groups -OCH3 is 1. The fourth-order valence-corrected chi connectivity index (χ4v) is 4.54. The first kappa shape index (κ1) is 21.2. The van der Waals surface area contributed by atoms with E-state index in [1.165, 1.54) is 31.1 Å². The highest BCUT2D eigenvalue weighted by molar-refractivity contribution is 7.92. The number of hydrogen-bond donors (Lipinski definition) is 1. The Morgan fingerprint density at radius 3 is 2.55 bits per heavy atom. The van der Waals surface area contributed by atoms with Crippen LogP contribution in [0.5, 0.6) is 5.75 Å². The summed E-state index contributed by atoms with van der Waals surface area (Å²) in [6, 6.07) is 12.8. The lowest BCUT2D eigenvalue weighted by molar-refractivity contribution is -0.120. The van der Waals surface area contributed by atoms with Crippen molar-refractivity contribution in [1.82, 2.24) is 5.32 Å². The van der Waals surface area contributed by atoms with Crippen molar-refractivity contribution in [2.45, 2.75) is 38.6 Å². The SMILES string of the molecule is COc1cccc(N(CC(=O)NC(C)c2ccc3c(c2)CCCC3)S(C)(=O)=O)c1. The van der Waals surface area contributed by atoms with Crippen LogP contribution in [0.4, 0.5) is 5.69 Å². The molecule has 1 atom stereocenters. The molecule has 0 spiro atoms. The minimum absolute atomic E-state index is 0.207. The van der Waals surface area contributed by atoms with Gasteiger partial charge in [0.1, 0.15) is 12.3 Å². The Morgan fingerprint density at radius 1 is 1.14 bits per heavy atom. The average molecular weight is 417 g/mol. The maximum Gasteiger partial charge on any atom is 0.241 e. The Bertz CT molecular complexity index is 988. The molecule has 0 radical (unpaired) electrons. The van der Waals surface area contributed by atoms with Gasteiger partial charge in [-0.25, -0.2) is 8.42 Å². The van der Waals surface area contributed by atoms with Gasteiger partial charge in [0.2, 0.25) is 15.9 Å². The molecule has 2 aromatic carbocycles. The highest BCUT2D eigenvalue weighted by Crippen LogP contribution is 2.25. The predicted octanol–water partition coefficient (Wildman–Crippen LogP) is 3.22. The Labute approximate surface area is 172 Å². The van der Waals surface area contributed by atoms with Gasteiger partial charge in [-0.3, -0.25) is 9.10 Å². The minimum Gasteiger partial charge on any atom is -0.497 e. The maximum atomic E-state index is 12.7. The van der Waals surface area contributed by atoms with Gasteiger partial charge in [-0.15, -0.1) is 0 Å². The van der Waals surface area contributed by atoms with E-state index in [1.54, 1.807) is 24.3 Å². The fourth-order valence-electron chi connectivity index (χ4n) is 3.69. The van der Waals surface area contributed by atoms with Gasteiger partial charge in [0.15, 0.2) is 0 Å².